The average molecular weight is 957 g/mol. The molecule has 13 aromatic rings. The van der Waals surface area contributed by atoms with Gasteiger partial charge in [0.25, 0.3) is 0 Å². The highest BCUT2D eigenvalue weighted by molar-refractivity contribution is 6.10. The minimum absolute atomic E-state index is 0.0333. The van der Waals surface area contributed by atoms with Gasteiger partial charge in [0.15, 0.2) is 23.3 Å². The van der Waals surface area contributed by atoms with Crippen LogP contribution in [0.15, 0.2) is 255 Å². The molecule has 6 heteroatoms. The zero-order valence-corrected chi connectivity index (χ0v) is 40.6. The lowest BCUT2D eigenvalue weighted by Crippen LogP contribution is -2.27. The van der Waals surface area contributed by atoms with E-state index in [2.05, 4.69) is 217 Å². The molecule has 10 aromatic carbocycles. The number of para-hydroxylation sites is 2. The summed E-state index contributed by atoms with van der Waals surface area (Å²) in [6.45, 7) is 0. The molecule has 16 rings (SSSR count). The Kier molecular flexibility index (Phi) is 9.91. The molecule has 6 nitrogen and oxygen atoms in total. The van der Waals surface area contributed by atoms with Crippen molar-refractivity contribution in [2.75, 3.05) is 0 Å². The van der Waals surface area contributed by atoms with Gasteiger partial charge in [-0.15, -0.1) is 0 Å². The molecule has 0 amide bonds. The Hall–Kier alpha value is -9.91. The van der Waals surface area contributed by atoms with Crippen molar-refractivity contribution in [3.05, 3.63) is 288 Å². The molecule has 2 atom stereocenters. The molecule has 350 valence electrons. The first-order valence-corrected chi connectivity index (χ1v) is 25.5. The zero-order valence-electron chi connectivity index (χ0n) is 40.6. The molecule has 0 radical (unpaired) electrons. The van der Waals surface area contributed by atoms with Crippen LogP contribution in [0.3, 0.4) is 0 Å². The monoisotopic (exact) mass is 956 g/mol. The third-order valence-corrected chi connectivity index (χ3v) is 15.2. The molecule has 2 unspecified atom stereocenters. The van der Waals surface area contributed by atoms with E-state index in [0.29, 0.717) is 23.3 Å². The van der Waals surface area contributed by atoms with E-state index >= 15 is 0 Å². The number of fused-ring (bicyclic) bond motifs is 3. The smallest absolute Gasteiger partial charge is 0.164 e. The summed E-state index contributed by atoms with van der Waals surface area (Å²) in [4.78, 5) is 25.9. The maximum absolute atomic E-state index is 5.34. The van der Waals surface area contributed by atoms with Crippen LogP contribution >= 0.6 is 0 Å². The molecular formula is C69H44N6. The van der Waals surface area contributed by atoms with Gasteiger partial charge in [0, 0.05) is 61.7 Å². The van der Waals surface area contributed by atoms with Crippen molar-refractivity contribution in [3.8, 4) is 84.9 Å². The highest BCUT2D eigenvalue weighted by Gasteiger charge is 2.41. The van der Waals surface area contributed by atoms with Gasteiger partial charge in [-0.25, -0.2) is 24.9 Å². The fourth-order valence-corrected chi connectivity index (χ4v) is 11.8. The van der Waals surface area contributed by atoms with E-state index < -0.39 is 0 Å². The fraction of sp³-hybridized carbons (Fsp3) is 0.0290. The number of hydrogen-bond donors (Lipinski definition) is 0. The summed E-state index contributed by atoms with van der Waals surface area (Å²) in [5.41, 5.74) is 21.3. The second-order valence-electron chi connectivity index (χ2n) is 19.5. The molecule has 0 aliphatic heterocycles. The molecule has 0 spiro atoms. The summed E-state index contributed by atoms with van der Waals surface area (Å²) in [6, 6.07) is 90.6. The van der Waals surface area contributed by atoms with Crippen LogP contribution in [0.4, 0.5) is 0 Å². The summed E-state index contributed by atoms with van der Waals surface area (Å²) < 4.78 is 2.38. The molecular weight excluding hydrogens is 913 g/mol. The topological polar surface area (TPSA) is 69.4 Å². The van der Waals surface area contributed by atoms with Gasteiger partial charge in [-0.1, -0.05) is 206 Å². The minimum Gasteiger partial charge on any atom is -0.309 e. The van der Waals surface area contributed by atoms with Gasteiger partial charge in [0.05, 0.1) is 22.4 Å². The lowest BCUT2D eigenvalue weighted by Gasteiger charge is -2.42. The van der Waals surface area contributed by atoms with E-state index in [0.717, 1.165) is 61.6 Å². The largest absolute Gasteiger partial charge is 0.309 e. The van der Waals surface area contributed by atoms with Crippen LogP contribution in [0.25, 0.3) is 107 Å². The number of aromatic nitrogens is 6. The van der Waals surface area contributed by atoms with Crippen LogP contribution in [-0.2, 0) is 0 Å². The van der Waals surface area contributed by atoms with E-state index in [-0.39, 0.29) is 11.8 Å². The van der Waals surface area contributed by atoms with Crippen LogP contribution in [0, 0.1) is 0 Å². The van der Waals surface area contributed by atoms with Gasteiger partial charge in [0.2, 0.25) is 0 Å². The summed E-state index contributed by atoms with van der Waals surface area (Å²) in [5.74, 6) is 2.72. The number of rotatable bonds is 8. The maximum Gasteiger partial charge on any atom is 0.164 e. The molecule has 75 heavy (non-hydrogen) atoms. The Morgan fingerprint density at radius 1 is 0.240 bits per heavy atom. The predicted octanol–water partition coefficient (Wildman–Crippen LogP) is 16.4. The first kappa shape index (κ1) is 42.7. The zero-order chi connectivity index (χ0) is 49.4. The molecule has 0 N–H and O–H groups in total. The first-order chi connectivity index (χ1) is 37.2. The quantitative estimate of drug-likeness (QED) is 0.152. The van der Waals surface area contributed by atoms with Crippen LogP contribution in [0.5, 0.6) is 0 Å². The van der Waals surface area contributed by atoms with E-state index in [1.54, 1.807) is 0 Å². The lowest BCUT2D eigenvalue weighted by molar-refractivity contribution is 0.754. The van der Waals surface area contributed by atoms with Gasteiger partial charge >= 0.3 is 0 Å². The maximum atomic E-state index is 5.34. The van der Waals surface area contributed by atoms with E-state index in [4.69, 9.17) is 24.9 Å². The van der Waals surface area contributed by atoms with Crippen molar-refractivity contribution in [2.45, 2.75) is 11.8 Å². The first-order valence-electron chi connectivity index (χ1n) is 25.5. The average Bonchev–Trinajstić information content (AvgIpc) is 3.83. The molecule has 0 saturated carbocycles. The Morgan fingerprint density at radius 2 is 0.653 bits per heavy atom. The van der Waals surface area contributed by atoms with Crippen molar-refractivity contribution >= 4 is 21.8 Å². The molecule has 0 fully saturated rings. The van der Waals surface area contributed by atoms with Crippen molar-refractivity contribution in [3.63, 3.8) is 0 Å². The molecule has 0 saturated heterocycles. The van der Waals surface area contributed by atoms with Crippen LogP contribution in [-0.4, -0.2) is 29.5 Å². The van der Waals surface area contributed by atoms with Crippen molar-refractivity contribution in [1.29, 1.82) is 0 Å². The Balaban J connectivity index is 0.833. The molecule has 3 heterocycles. The van der Waals surface area contributed by atoms with Gasteiger partial charge < -0.3 is 4.57 Å². The van der Waals surface area contributed by atoms with Crippen molar-refractivity contribution in [2.24, 2.45) is 0 Å². The van der Waals surface area contributed by atoms with E-state index in [1.807, 2.05) is 42.5 Å². The predicted molar refractivity (Wildman–Crippen MR) is 303 cm³/mol. The number of benzene rings is 10. The third-order valence-electron chi connectivity index (χ3n) is 15.2. The van der Waals surface area contributed by atoms with Crippen LogP contribution in [0.2, 0.25) is 0 Å². The Labute approximate surface area is 434 Å². The fourth-order valence-electron chi connectivity index (χ4n) is 11.8. The van der Waals surface area contributed by atoms with Crippen LogP contribution < -0.4 is 0 Å². The van der Waals surface area contributed by atoms with Gasteiger partial charge in [-0.3, -0.25) is 0 Å². The summed E-state index contributed by atoms with van der Waals surface area (Å²) in [5, 5.41) is 2.47. The van der Waals surface area contributed by atoms with Gasteiger partial charge in [-0.2, -0.15) is 0 Å². The van der Waals surface area contributed by atoms with Gasteiger partial charge in [-0.05, 0) is 93.0 Å². The van der Waals surface area contributed by atoms with Crippen LogP contribution in [0.1, 0.15) is 45.2 Å². The summed E-state index contributed by atoms with van der Waals surface area (Å²) >= 11 is 0. The second kappa shape index (κ2) is 17.4. The molecule has 2 bridgehead atoms. The number of nitrogens with zero attached hydrogens (tertiary/aromatic N) is 6. The van der Waals surface area contributed by atoms with E-state index in [9.17, 15) is 0 Å². The normalized spacial score (nSPS) is 14.1. The molecule has 3 aromatic heterocycles. The summed E-state index contributed by atoms with van der Waals surface area (Å²) in [7, 11) is 0. The SMILES string of the molecule is c1ccc(-c2nc(-c3cccc(-c4ccc5c6ccccc6n(-c6ccccc6)c5c4)c3)cc(-c3ccc4c(c3)C3c5ccccc5C4c4cc(-c5nc(-c6ccccc6)nc(-c6ccccc6)n5)ccc43)n2)cc1. The lowest BCUT2D eigenvalue weighted by atomic mass is 9.60. The minimum atomic E-state index is 0.0333. The second-order valence-corrected chi connectivity index (χ2v) is 19.5. The molecule has 3 aliphatic carbocycles. The highest BCUT2D eigenvalue weighted by atomic mass is 15.0. The Morgan fingerprint density at radius 3 is 1.27 bits per heavy atom. The standard InChI is InChI=1S/C69H44N6/c1-5-18-43(19-6-1)66-70-60(48-25-17-24-46(38-48)47-32-35-53-52-28-15-16-31-62(52)75(63(53)41-47)51-26-11-4-12-27-51)42-61(71-66)49-33-36-56-58(39-49)64-54-29-13-14-30-55(54)65(56)59-40-50(34-37-57(59)64)69-73-67(44-20-7-2-8-21-44)72-68(74-69)45-22-9-3-10-23-45/h1-42,64-65H. The van der Waals surface area contributed by atoms with Crippen molar-refractivity contribution in [1.82, 2.24) is 29.5 Å². The summed E-state index contributed by atoms with van der Waals surface area (Å²) in [6.07, 6.45) is 0. The third kappa shape index (κ3) is 7.21. The number of hydrogen-bond acceptors (Lipinski definition) is 5. The van der Waals surface area contributed by atoms with Gasteiger partial charge in [0.1, 0.15) is 0 Å². The highest BCUT2D eigenvalue weighted by Crippen LogP contribution is 2.57. The van der Waals surface area contributed by atoms with Crippen molar-refractivity contribution < 1.29 is 0 Å². The molecule has 3 aliphatic rings. The van der Waals surface area contributed by atoms with E-state index in [1.165, 1.54) is 55.2 Å². The Bertz CT molecular complexity index is 4300.